The Morgan fingerprint density at radius 1 is 1.21 bits per heavy atom. The van der Waals surface area contributed by atoms with Gasteiger partial charge in [0.1, 0.15) is 12.2 Å². The third-order valence-electron chi connectivity index (χ3n) is 1.56. The number of rotatable bonds is 7. The minimum atomic E-state index is -1.45. The molecule has 0 amide bonds. The van der Waals surface area contributed by atoms with E-state index in [1.165, 1.54) is 11.8 Å². The van der Waals surface area contributed by atoms with Crippen LogP contribution in [0, 0.1) is 5.92 Å². The highest BCUT2D eigenvalue weighted by atomic mass is 32.2. The van der Waals surface area contributed by atoms with Crippen LogP contribution in [0.15, 0.2) is 0 Å². The molecule has 0 aromatic carbocycles. The van der Waals surface area contributed by atoms with Crippen LogP contribution >= 0.6 is 11.8 Å². The highest BCUT2D eigenvalue weighted by Crippen LogP contribution is 2.10. The number of ketones is 1. The van der Waals surface area contributed by atoms with E-state index in [9.17, 15) is 9.90 Å². The van der Waals surface area contributed by atoms with Crippen molar-refractivity contribution in [1.82, 2.24) is 0 Å². The molecule has 14 heavy (non-hydrogen) atoms. The second-order valence-electron chi connectivity index (χ2n) is 3.55. The summed E-state index contributed by atoms with van der Waals surface area (Å²) in [5.74, 6) is 0.932. The maximum absolute atomic E-state index is 11.1. The number of carbonyl (C=O) groups excluding carboxylic acids is 1. The van der Waals surface area contributed by atoms with E-state index in [4.69, 9.17) is 10.2 Å². The summed E-state index contributed by atoms with van der Waals surface area (Å²) in [6, 6.07) is 0. The Morgan fingerprint density at radius 3 is 2.21 bits per heavy atom. The SMILES string of the molecule is CC(C)CSC[C@@H](O)C(=O)[C@@H](O)CO. The van der Waals surface area contributed by atoms with Gasteiger partial charge >= 0.3 is 0 Å². The molecule has 0 aliphatic rings. The number of carbonyl (C=O) groups is 1. The lowest BCUT2D eigenvalue weighted by Crippen LogP contribution is -2.36. The van der Waals surface area contributed by atoms with Crippen LogP contribution in [0.3, 0.4) is 0 Å². The van der Waals surface area contributed by atoms with E-state index >= 15 is 0 Å². The largest absolute Gasteiger partial charge is 0.393 e. The smallest absolute Gasteiger partial charge is 0.192 e. The zero-order valence-electron chi connectivity index (χ0n) is 8.51. The van der Waals surface area contributed by atoms with Crippen LogP contribution in [-0.2, 0) is 4.79 Å². The third kappa shape index (κ3) is 5.59. The van der Waals surface area contributed by atoms with Crippen LogP contribution < -0.4 is 0 Å². The predicted octanol–water partition coefficient (Wildman–Crippen LogP) is -0.341. The summed E-state index contributed by atoms with van der Waals surface area (Å²) in [5.41, 5.74) is 0. The summed E-state index contributed by atoms with van der Waals surface area (Å²) < 4.78 is 0. The second kappa shape index (κ2) is 7.23. The van der Waals surface area contributed by atoms with Gasteiger partial charge in [-0.2, -0.15) is 11.8 Å². The number of Topliss-reactive ketones (excluding diaryl/α,β-unsaturated/α-hetero) is 1. The van der Waals surface area contributed by atoms with E-state index in [1.54, 1.807) is 0 Å². The molecule has 0 fully saturated rings. The molecule has 5 heteroatoms. The molecule has 3 N–H and O–H groups in total. The van der Waals surface area contributed by atoms with Crippen LogP contribution in [0.25, 0.3) is 0 Å². The van der Waals surface area contributed by atoms with Gasteiger partial charge in [0.2, 0.25) is 0 Å². The Bertz CT molecular complexity index is 172. The third-order valence-corrected chi connectivity index (χ3v) is 3.01. The fourth-order valence-corrected chi connectivity index (χ4v) is 1.80. The number of hydrogen-bond acceptors (Lipinski definition) is 5. The summed E-state index contributed by atoms with van der Waals surface area (Å²) >= 11 is 1.46. The first-order chi connectivity index (χ1) is 6.49. The van der Waals surface area contributed by atoms with Crippen molar-refractivity contribution in [2.75, 3.05) is 18.1 Å². The zero-order chi connectivity index (χ0) is 11.1. The van der Waals surface area contributed by atoms with Gasteiger partial charge in [-0.15, -0.1) is 0 Å². The van der Waals surface area contributed by atoms with Gasteiger partial charge in [0.25, 0.3) is 0 Å². The van der Waals surface area contributed by atoms with Gasteiger partial charge in [-0.05, 0) is 11.7 Å². The Labute approximate surface area is 88.3 Å². The minimum absolute atomic E-state index is 0.272. The van der Waals surface area contributed by atoms with Crippen molar-refractivity contribution in [2.45, 2.75) is 26.1 Å². The molecule has 0 aliphatic heterocycles. The van der Waals surface area contributed by atoms with Crippen LogP contribution in [0.4, 0.5) is 0 Å². The zero-order valence-corrected chi connectivity index (χ0v) is 9.33. The number of thioether (sulfide) groups is 1. The molecule has 0 radical (unpaired) electrons. The number of aliphatic hydroxyl groups is 3. The van der Waals surface area contributed by atoms with Crippen LogP contribution in [0.1, 0.15) is 13.8 Å². The number of hydrogen-bond donors (Lipinski definition) is 3. The minimum Gasteiger partial charge on any atom is -0.393 e. The van der Waals surface area contributed by atoms with Crippen molar-refractivity contribution in [3.63, 3.8) is 0 Å². The van der Waals surface area contributed by atoms with Crippen molar-refractivity contribution in [1.29, 1.82) is 0 Å². The molecule has 0 spiro atoms. The van der Waals surface area contributed by atoms with Gasteiger partial charge in [0, 0.05) is 5.75 Å². The van der Waals surface area contributed by atoms with Gasteiger partial charge in [-0.25, -0.2) is 0 Å². The molecule has 0 rings (SSSR count). The first-order valence-corrected chi connectivity index (χ1v) is 5.73. The first kappa shape index (κ1) is 13.9. The van der Waals surface area contributed by atoms with E-state index in [2.05, 4.69) is 0 Å². The molecule has 0 bridgehead atoms. The van der Waals surface area contributed by atoms with E-state index in [1.807, 2.05) is 13.8 Å². The molecule has 0 aliphatic carbocycles. The number of aliphatic hydroxyl groups excluding tert-OH is 3. The molecule has 4 nitrogen and oxygen atoms in total. The van der Waals surface area contributed by atoms with Gasteiger partial charge in [-0.3, -0.25) is 4.79 Å². The first-order valence-electron chi connectivity index (χ1n) is 4.57. The Morgan fingerprint density at radius 2 is 1.79 bits per heavy atom. The summed E-state index contributed by atoms with van der Waals surface area (Å²) in [5, 5.41) is 26.7. The van der Waals surface area contributed by atoms with Crippen molar-refractivity contribution < 1.29 is 20.1 Å². The molecule has 84 valence electrons. The molecule has 0 aromatic heterocycles. The van der Waals surface area contributed by atoms with Crippen LogP contribution in [-0.4, -0.2) is 51.4 Å². The average Bonchev–Trinajstić information content (AvgIpc) is 2.14. The fraction of sp³-hybridized carbons (Fsp3) is 0.889. The monoisotopic (exact) mass is 222 g/mol. The van der Waals surface area contributed by atoms with Gasteiger partial charge in [-0.1, -0.05) is 13.8 Å². The highest BCUT2D eigenvalue weighted by Gasteiger charge is 2.22. The van der Waals surface area contributed by atoms with Crippen LogP contribution in [0.2, 0.25) is 0 Å². The molecule has 0 unspecified atom stereocenters. The van der Waals surface area contributed by atoms with E-state index < -0.39 is 24.6 Å². The Balaban J connectivity index is 3.73. The molecular weight excluding hydrogens is 204 g/mol. The van der Waals surface area contributed by atoms with Crippen molar-refractivity contribution >= 4 is 17.5 Å². The van der Waals surface area contributed by atoms with Crippen molar-refractivity contribution in [2.24, 2.45) is 5.92 Å². The molecule has 0 aromatic rings. The Kier molecular flexibility index (Phi) is 7.17. The van der Waals surface area contributed by atoms with E-state index in [0.29, 0.717) is 5.92 Å². The normalized spacial score (nSPS) is 15.6. The maximum Gasteiger partial charge on any atom is 0.192 e. The predicted molar refractivity (Wildman–Crippen MR) is 56.3 cm³/mol. The quantitative estimate of drug-likeness (QED) is 0.549. The topological polar surface area (TPSA) is 77.8 Å². The Hall–Kier alpha value is -0.100. The van der Waals surface area contributed by atoms with Gasteiger partial charge in [0.15, 0.2) is 5.78 Å². The van der Waals surface area contributed by atoms with Gasteiger partial charge < -0.3 is 15.3 Å². The van der Waals surface area contributed by atoms with Crippen LogP contribution in [0.5, 0.6) is 0 Å². The molecular formula is C9H18O4S. The summed E-state index contributed by atoms with van der Waals surface area (Å²) in [6.07, 6.45) is -2.63. The van der Waals surface area contributed by atoms with Crippen molar-refractivity contribution in [3.05, 3.63) is 0 Å². The molecule has 2 atom stereocenters. The summed E-state index contributed by atoms with van der Waals surface area (Å²) in [6.45, 7) is 3.46. The van der Waals surface area contributed by atoms with Gasteiger partial charge in [0.05, 0.1) is 6.61 Å². The average molecular weight is 222 g/mol. The highest BCUT2D eigenvalue weighted by molar-refractivity contribution is 7.99. The molecule has 0 saturated carbocycles. The lowest BCUT2D eigenvalue weighted by atomic mass is 10.1. The summed E-state index contributed by atoms with van der Waals surface area (Å²) in [4.78, 5) is 11.1. The fourth-order valence-electron chi connectivity index (χ4n) is 0.810. The molecule has 0 heterocycles. The maximum atomic E-state index is 11.1. The van der Waals surface area contributed by atoms with Crippen molar-refractivity contribution in [3.8, 4) is 0 Å². The lowest BCUT2D eigenvalue weighted by Gasteiger charge is -2.12. The van der Waals surface area contributed by atoms with E-state index in [-0.39, 0.29) is 5.75 Å². The van der Waals surface area contributed by atoms with E-state index in [0.717, 1.165) is 5.75 Å². The summed E-state index contributed by atoms with van der Waals surface area (Å²) in [7, 11) is 0. The standard InChI is InChI=1S/C9H18O4S/c1-6(2)4-14-5-8(12)9(13)7(11)3-10/h6-8,10-12H,3-5H2,1-2H3/t7-,8+/m0/s1. The second-order valence-corrected chi connectivity index (χ2v) is 4.62. The molecule has 0 saturated heterocycles. The lowest BCUT2D eigenvalue weighted by molar-refractivity contribution is -0.136.